The smallest absolute Gasteiger partial charge is 0.237 e. The zero-order valence-electron chi connectivity index (χ0n) is 15.8. The fourth-order valence-electron chi connectivity index (χ4n) is 4.10. The predicted octanol–water partition coefficient (Wildman–Crippen LogP) is 3.93. The van der Waals surface area contributed by atoms with Crippen molar-refractivity contribution in [3.8, 4) is 0 Å². The normalized spacial score (nSPS) is 19.2. The summed E-state index contributed by atoms with van der Waals surface area (Å²) < 4.78 is 0. The Morgan fingerprint density at radius 3 is 3.00 bits per heavy atom. The van der Waals surface area contributed by atoms with Gasteiger partial charge in [-0.05, 0) is 43.7 Å². The summed E-state index contributed by atoms with van der Waals surface area (Å²) in [4.78, 5) is 25.9. The molecule has 2 aliphatic rings. The van der Waals surface area contributed by atoms with E-state index in [1.807, 2.05) is 29.2 Å². The molecule has 1 saturated heterocycles. The molecule has 27 heavy (non-hydrogen) atoms. The molecular weight excluding hydrogens is 356 g/mol. The second kappa shape index (κ2) is 8.30. The molecule has 1 amide bonds. The van der Waals surface area contributed by atoms with Gasteiger partial charge in [0, 0.05) is 30.9 Å². The first kappa shape index (κ1) is 18.3. The molecule has 0 N–H and O–H groups in total. The number of carbonyl (C=O) groups excluding carboxylic acids is 1. The summed E-state index contributed by atoms with van der Waals surface area (Å²) in [6, 6.07) is 10.8. The van der Waals surface area contributed by atoms with Crippen LogP contribution in [0.1, 0.15) is 38.2 Å². The van der Waals surface area contributed by atoms with Crippen LogP contribution in [0.15, 0.2) is 41.7 Å². The number of nitrogens with zero attached hydrogens (tertiary/aromatic N) is 4. The lowest BCUT2D eigenvalue weighted by Crippen LogP contribution is -2.39. The van der Waals surface area contributed by atoms with E-state index in [-0.39, 0.29) is 5.91 Å². The molecule has 5 nitrogen and oxygen atoms in total. The van der Waals surface area contributed by atoms with Gasteiger partial charge >= 0.3 is 0 Å². The summed E-state index contributed by atoms with van der Waals surface area (Å²) in [6.45, 7) is 4.08. The predicted molar refractivity (Wildman–Crippen MR) is 111 cm³/mol. The maximum atomic E-state index is 12.7. The van der Waals surface area contributed by atoms with Crippen molar-refractivity contribution in [3.63, 3.8) is 0 Å². The molecule has 142 valence electrons. The average Bonchev–Trinajstić information content (AvgIpc) is 3.16. The highest BCUT2D eigenvalue weighted by atomic mass is 32.2. The van der Waals surface area contributed by atoms with E-state index in [1.165, 1.54) is 36.6 Å². The largest absolute Gasteiger partial charge is 0.354 e. The third-order valence-corrected chi connectivity index (χ3v) is 6.46. The topological polar surface area (TPSA) is 49.3 Å². The number of rotatable bonds is 5. The van der Waals surface area contributed by atoms with Crippen molar-refractivity contribution >= 4 is 29.2 Å². The summed E-state index contributed by atoms with van der Waals surface area (Å²) in [5, 5.41) is 0.876. The summed E-state index contributed by atoms with van der Waals surface area (Å²) in [7, 11) is 0. The van der Waals surface area contributed by atoms with E-state index in [4.69, 9.17) is 0 Å². The van der Waals surface area contributed by atoms with Crippen LogP contribution in [0.2, 0.25) is 0 Å². The average molecular weight is 383 g/mol. The van der Waals surface area contributed by atoms with Gasteiger partial charge in [-0.25, -0.2) is 9.97 Å². The molecule has 0 bridgehead atoms. The van der Waals surface area contributed by atoms with Gasteiger partial charge in [-0.2, -0.15) is 0 Å². The van der Waals surface area contributed by atoms with Crippen LogP contribution in [0.25, 0.3) is 0 Å². The van der Waals surface area contributed by atoms with Gasteiger partial charge in [-0.1, -0.05) is 36.9 Å². The zero-order chi connectivity index (χ0) is 18.6. The number of benzene rings is 1. The molecule has 1 atom stereocenters. The number of hydrogen-bond donors (Lipinski definition) is 0. The molecule has 0 radical (unpaired) electrons. The van der Waals surface area contributed by atoms with Crippen molar-refractivity contribution in [2.24, 2.45) is 0 Å². The van der Waals surface area contributed by atoms with Gasteiger partial charge < -0.3 is 9.80 Å². The molecule has 6 heteroatoms. The van der Waals surface area contributed by atoms with E-state index in [2.05, 4.69) is 27.9 Å². The number of piperidine rings is 1. The SMILES string of the molecule is CC[C@@H]1CCCCN1c1cc(SCC(=O)N2CCc3ccccc32)ncn1. The Kier molecular flexibility index (Phi) is 5.62. The minimum Gasteiger partial charge on any atom is -0.354 e. The molecule has 1 aromatic heterocycles. The molecule has 0 unspecified atom stereocenters. The molecule has 3 heterocycles. The highest BCUT2D eigenvalue weighted by molar-refractivity contribution is 7.99. The Morgan fingerprint density at radius 2 is 2.11 bits per heavy atom. The van der Waals surface area contributed by atoms with Crippen LogP contribution in [0.4, 0.5) is 11.5 Å². The van der Waals surface area contributed by atoms with Crippen LogP contribution < -0.4 is 9.80 Å². The highest BCUT2D eigenvalue weighted by Crippen LogP contribution is 2.30. The Labute approximate surface area is 165 Å². The molecule has 2 aromatic rings. The molecule has 4 rings (SSSR count). The minimum absolute atomic E-state index is 0.148. The first-order chi connectivity index (χ1) is 13.3. The van der Waals surface area contributed by atoms with E-state index in [1.54, 1.807) is 6.33 Å². The first-order valence-electron chi connectivity index (χ1n) is 9.86. The second-order valence-electron chi connectivity index (χ2n) is 7.18. The van der Waals surface area contributed by atoms with Crippen molar-refractivity contribution in [2.75, 3.05) is 28.6 Å². The lowest BCUT2D eigenvalue weighted by molar-refractivity contribution is -0.116. The van der Waals surface area contributed by atoms with Crippen molar-refractivity contribution in [1.29, 1.82) is 0 Å². The number of anilines is 2. The van der Waals surface area contributed by atoms with Gasteiger partial charge in [-0.3, -0.25) is 4.79 Å². The van der Waals surface area contributed by atoms with E-state index >= 15 is 0 Å². The van der Waals surface area contributed by atoms with Crippen LogP contribution in [-0.4, -0.2) is 40.8 Å². The standard InChI is InChI=1S/C21H26N4OS/c1-2-17-8-5-6-11-24(17)19-13-20(23-15-22-19)27-14-21(26)25-12-10-16-7-3-4-9-18(16)25/h3-4,7,9,13,15,17H,2,5-6,8,10-12,14H2,1H3/t17-/m1/s1. The molecule has 2 aliphatic heterocycles. The lowest BCUT2D eigenvalue weighted by atomic mass is 10.0. The zero-order valence-corrected chi connectivity index (χ0v) is 16.6. The van der Waals surface area contributed by atoms with Gasteiger partial charge in [0.2, 0.25) is 5.91 Å². The maximum Gasteiger partial charge on any atom is 0.237 e. The van der Waals surface area contributed by atoms with Gasteiger partial charge in [0.05, 0.1) is 5.75 Å². The number of amides is 1. The van der Waals surface area contributed by atoms with Crippen LogP contribution in [0, 0.1) is 0 Å². The number of para-hydroxylation sites is 1. The molecular formula is C21H26N4OS. The molecule has 0 aliphatic carbocycles. The Hall–Kier alpha value is -2.08. The minimum atomic E-state index is 0.148. The molecule has 1 aromatic carbocycles. The first-order valence-corrected chi connectivity index (χ1v) is 10.8. The Morgan fingerprint density at radius 1 is 1.22 bits per heavy atom. The van der Waals surface area contributed by atoms with E-state index < -0.39 is 0 Å². The van der Waals surface area contributed by atoms with E-state index in [9.17, 15) is 4.79 Å². The van der Waals surface area contributed by atoms with Crippen LogP contribution in [0.5, 0.6) is 0 Å². The summed E-state index contributed by atoms with van der Waals surface area (Å²) in [5.41, 5.74) is 2.32. The fourth-order valence-corrected chi connectivity index (χ4v) is 4.84. The summed E-state index contributed by atoms with van der Waals surface area (Å²) in [6.07, 6.45) is 7.46. The second-order valence-corrected chi connectivity index (χ2v) is 8.17. The molecule has 1 fully saturated rings. The Balaban J connectivity index is 1.41. The maximum absolute atomic E-state index is 12.7. The van der Waals surface area contributed by atoms with E-state index in [0.717, 1.165) is 42.5 Å². The lowest BCUT2D eigenvalue weighted by Gasteiger charge is -2.36. The number of hydrogen-bond acceptors (Lipinski definition) is 5. The van der Waals surface area contributed by atoms with Crippen molar-refractivity contribution < 1.29 is 4.79 Å². The van der Waals surface area contributed by atoms with Crippen LogP contribution >= 0.6 is 11.8 Å². The molecule has 0 spiro atoms. The van der Waals surface area contributed by atoms with Gasteiger partial charge in [0.25, 0.3) is 0 Å². The van der Waals surface area contributed by atoms with Crippen molar-refractivity contribution in [3.05, 3.63) is 42.2 Å². The number of aromatic nitrogens is 2. The monoisotopic (exact) mass is 382 g/mol. The van der Waals surface area contributed by atoms with Gasteiger partial charge in [0.15, 0.2) is 0 Å². The third kappa shape index (κ3) is 3.95. The van der Waals surface area contributed by atoms with Gasteiger partial charge in [0.1, 0.15) is 17.2 Å². The van der Waals surface area contributed by atoms with Crippen molar-refractivity contribution in [1.82, 2.24) is 9.97 Å². The van der Waals surface area contributed by atoms with Gasteiger partial charge in [-0.15, -0.1) is 0 Å². The quantitative estimate of drug-likeness (QED) is 0.579. The summed E-state index contributed by atoms with van der Waals surface area (Å²) in [5.74, 6) is 1.55. The fraction of sp³-hybridized carbons (Fsp3) is 0.476. The van der Waals surface area contributed by atoms with Crippen LogP contribution in [-0.2, 0) is 11.2 Å². The van der Waals surface area contributed by atoms with Crippen LogP contribution in [0.3, 0.4) is 0 Å². The van der Waals surface area contributed by atoms with Crippen molar-refractivity contribution in [2.45, 2.75) is 50.1 Å². The summed E-state index contributed by atoms with van der Waals surface area (Å²) >= 11 is 1.51. The number of fused-ring (bicyclic) bond motifs is 1. The highest BCUT2D eigenvalue weighted by Gasteiger charge is 2.25. The number of thioether (sulfide) groups is 1. The van der Waals surface area contributed by atoms with E-state index in [0.29, 0.717) is 11.8 Å². The molecule has 0 saturated carbocycles. The Bertz CT molecular complexity index is 812. The number of carbonyl (C=O) groups is 1. The third-order valence-electron chi connectivity index (χ3n) is 5.55.